The van der Waals surface area contributed by atoms with Crippen molar-refractivity contribution in [2.45, 2.75) is 19.0 Å². The summed E-state index contributed by atoms with van der Waals surface area (Å²) in [5, 5.41) is 0. The fourth-order valence-electron chi connectivity index (χ4n) is 1.15. The van der Waals surface area contributed by atoms with Gasteiger partial charge in [-0.15, -0.1) is 11.6 Å². The molecule has 0 bridgehead atoms. The first-order valence-electron chi connectivity index (χ1n) is 3.58. The van der Waals surface area contributed by atoms with Crippen LogP contribution >= 0.6 is 11.6 Å². The smallest absolute Gasteiger partial charge is 0.166 e. The molecule has 0 unspecified atom stereocenters. The molecule has 1 aliphatic rings. The van der Waals surface area contributed by atoms with Crippen LogP contribution < -0.4 is 0 Å². The maximum Gasteiger partial charge on any atom is 0.416 e. The quantitative estimate of drug-likeness (QED) is 0.564. The molecule has 1 rings (SSSR count). The van der Waals surface area contributed by atoms with E-state index in [2.05, 4.69) is 0 Å². The van der Waals surface area contributed by atoms with Crippen LogP contribution in [0.5, 0.6) is 0 Å². The Labute approximate surface area is 73.7 Å². The molecule has 0 amide bonds. The predicted octanol–water partition coefficient (Wildman–Crippen LogP) is 3.43. The summed E-state index contributed by atoms with van der Waals surface area (Å²) in [7, 11) is 0. The molecule has 4 heteroatoms. The molecule has 0 N–H and O–H groups in total. The van der Waals surface area contributed by atoms with Crippen molar-refractivity contribution >= 4 is 11.6 Å². The zero-order valence-corrected chi connectivity index (χ0v) is 7.04. The van der Waals surface area contributed by atoms with Crippen molar-refractivity contribution in [3.8, 4) is 0 Å². The monoisotopic (exact) mass is 196 g/mol. The minimum atomic E-state index is -4.25. The van der Waals surface area contributed by atoms with Gasteiger partial charge in [0, 0.05) is 5.88 Å². The third-order valence-corrected chi connectivity index (χ3v) is 1.99. The minimum absolute atomic E-state index is 0.0641. The van der Waals surface area contributed by atoms with Crippen LogP contribution in [0.4, 0.5) is 13.2 Å². The number of alkyl halides is 4. The number of allylic oxidation sites excluding steroid dienone is 4. The van der Waals surface area contributed by atoms with Crippen molar-refractivity contribution in [2.75, 3.05) is 5.88 Å². The summed E-state index contributed by atoms with van der Waals surface area (Å²) in [5.41, 5.74) is -0.362. The molecule has 0 aliphatic heterocycles. The lowest BCUT2D eigenvalue weighted by Gasteiger charge is -2.16. The molecule has 0 radical (unpaired) electrons. The molecule has 0 aromatic heterocycles. The second-order valence-corrected chi connectivity index (χ2v) is 2.82. The summed E-state index contributed by atoms with van der Waals surface area (Å²) in [6, 6.07) is 0. The van der Waals surface area contributed by atoms with Crippen molar-refractivity contribution in [3.05, 3.63) is 23.3 Å². The molecule has 0 aromatic rings. The highest BCUT2D eigenvalue weighted by Gasteiger charge is 2.35. The summed E-state index contributed by atoms with van der Waals surface area (Å²) in [5.74, 6) is -0.0641. The molecule has 0 nitrogen and oxygen atoms in total. The van der Waals surface area contributed by atoms with Gasteiger partial charge >= 0.3 is 6.18 Å². The van der Waals surface area contributed by atoms with Crippen LogP contribution in [0.25, 0.3) is 0 Å². The third kappa shape index (κ3) is 2.03. The largest absolute Gasteiger partial charge is 0.416 e. The summed E-state index contributed by atoms with van der Waals surface area (Å²) < 4.78 is 36.6. The van der Waals surface area contributed by atoms with Crippen molar-refractivity contribution in [1.82, 2.24) is 0 Å². The van der Waals surface area contributed by atoms with Crippen molar-refractivity contribution in [1.29, 1.82) is 0 Å². The summed E-state index contributed by atoms with van der Waals surface area (Å²) in [4.78, 5) is 0. The molecule has 0 spiro atoms. The number of hydrogen-bond acceptors (Lipinski definition) is 0. The highest BCUT2D eigenvalue weighted by Crippen LogP contribution is 2.34. The molecule has 0 fully saturated rings. The minimum Gasteiger partial charge on any atom is -0.166 e. The Morgan fingerprint density at radius 1 is 1.25 bits per heavy atom. The lowest BCUT2D eigenvalue weighted by Crippen LogP contribution is -2.16. The zero-order chi connectivity index (χ0) is 9.19. The predicted molar refractivity (Wildman–Crippen MR) is 42.2 cm³/mol. The molecule has 0 heterocycles. The summed E-state index contributed by atoms with van der Waals surface area (Å²) >= 11 is 5.37. The van der Waals surface area contributed by atoms with Crippen LogP contribution in [-0.4, -0.2) is 12.1 Å². The molecular formula is C8H8ClF3. The van der Waals surface area contributed by atoms with Gasteiger partial charge in [-0.05, 0) is 18.4 Å². The standard InChI is InChI=1S/C8H8ClF3/c9-5-6-3-1-2-4-7(6)8(10,11)12/h3-4H,1-2,5H2. The van der Waals surface area contributed by atoms with Crippen molar-refractivity contribution < 1.29 is 13.2 Å². The highest BCUT2D eigenvalue weighted by atomic mass is 35.5. The van der Waals surface area contributed by atoms with Crippen LogP contribution in [0.15, 0.2) is 23.3 Å². The van der Waals surface area contributed by atoms with Crippen LogP contribution in [0, 0.1) is 0 Å². The molecule has 1 aliphatic carbocycles. The van der Waals surface area contributed by atoms with E-state index in [9.17, 15) is 13.2 Å². The normalized spacial score (nSPS) is 18.7. The zero-order valence-electron chi connectivity index (χ0n) is 6.29. The Bertz CT molecular complexity index is 225. The molecule has 0 saturated heterocycles. The molecule has 12 heavy (non-hydrogen) atoms. The Morgan fingerprint density at radius 3 is 2.25 bits per heavy atom. The maximum atomic E-state index is 12.2. The Morgan fingerprint density at radius 2 is 1.83 bits per heavy atom. The van der Waals surface area contributed by atoms with Gasteiger partial charge < -0.3 is 0 Å². The van der Waals surface area contributed by atoms with E-state index >= 15 is 0 Å². The summed E-state index contributed by atoms with van der Waals surface area (Å²) in [6.45, 7) is 0. The maximum absolute atomic E-state index is 12.2. The number of rotatable bonds is 1. The fourth-order valence-corrected chi connectivity index (χ4v) is 1.40. The van der Waals surface area contributed by atoms with E-state index in [0.29, 0.717) is 12.8 Å². The number of hydrogen-bond donors (Lipinski definition) is 0. The average molecular weight is 197 g/mol. The van der Waals surface area contributed by atoms with Gasteiger partial charge in [0.05, 0.1) is 5.57 Å². The lowest BCUT2D eigenvalue weighted by atomic mass is 9.99. The second-order valence-electron chi connectivity index (χ2n) is 2.56. The van der Waals surface area contributed by atoms with E-state index < -0.39 is 11.7 Å². The Balaban J connectivity index is 2.88. The SMILES string of the molecule is FC(F)(F)C1=CCCC=C1CCl. The van der Waals surface area contributed by atoms with Crippen molar-refractivity contribution in [2.24, 2.45) is 0 Å². The van der Waals surface area contributed by atoms with Crippen LogP contribution in [0.3, 0.4) is 0 Å². The van der Waals surface area contributed by atoms with Crippen molar-refractivity contribution in [3.63, 3.8) is 0 Å². The van der Waals surface area contributed by atoms with Gasteiger partial charge in [0.25, 0.3) is 0 Å². The molecular weight excluding hydrogens is 189 g/mol. The van der Waals surface area contributed by atoms with Gasteiger partial charge in [0.1, 0.15) is 0 Å². The van der Waals surface area contributed by atoms with Gasteiger partial charge in [0.15, 0.2) is 0 Å². The molecule has 0 atom stereocenters. The highest BCUT2D eigenvalue weighted by molar-refractivity contribution is 6.19. The van der Waals surface area contributed by atoms with E-state index in [1.165, 1.54) is 6.08 Å². The fraction of sp³-hybridized carbons (Fsp3) is 0.500. The third-order valence-electron chi connectivity index (χ3n) is 1.70. The van der Waals surface area contributed by atoms with Gasteiger partial charge in [-0.25, -0.2) is 0 Å². The van der Waals surface area contributed by atoms with Gasteiger partial charge in [0.2, 0.25) is 0 Å². The first kappa shape index (κ1) is 9.65. The first-order chi connectivity index (χ1) is 5.55. The second kappa shape index (κ2) is 3.52. The van der Waals surface area contributed by atoms with Gasteiger partial charge in [-0.3, -0.25) is 0 Å². The molecule has 0 saturated carbocycles. The van der Waals surface area contributed by atoms with Crippen LogP contribution in [0.1, 0.15) is 12.8 Å². The molecule has 68 valence electrons. The van der Waals surface area contributed by atoms with E-state index in [4.69, 9.17) is 11.6 Å². The summed E-state index contributed by atoms with van der Waals surface area (Å²) in [6.07, 6.45) is -0.383. The molecule has 0 aromatic carbocycles. The first-order valence-corrected chi connectivity index (χ1v) is 4.12. The Hall–Kier alpha value is -0.440. The van der Waals surface area contributed by atoms with E-state index in [1.807, 2.05) is 0 Å². The van der Waals surface area contributed by atoms with Gasteiger partial charge in [-0.2, -0.15) is 13.2 Å². The van der Waals surface area contributed by atoms with E-state index in [1.54, 1.807) is 6.08 Å². The van der Waals surface area contributed by atoms with Gasteiger partial charge in [-0.1, -0.05) is 12.2 Å². The lowest BCUT2D eigenvalue weighted by molar-refractivity contribution is -0.0897. The van der Waals surface area contributed by atoms with E-state index in [0.717, 1.165) is 0 Å². The topological polar surface area (TPSA) is 0 Å². The van der Waals surface area contributed by atoms with E-state index in [-0.39, 0.29) is 11.5 Å². The Kier molecular flexibility index (Phi) is 2.83. The van der Waals surface area contributed by atoms with Crippen LogP contribution in [0.2, 0.25) is 0 Å². The average Bonchev–Trinajstić information content (AvgIpc) is 2.03. The number of halogens is 4. The van der Waals surface area contributed by atoms with Crippen LogP contribution in [-0.2, 0) is 0 Å².